The maximum atomic E-state index is 12.1. The van der Waals surface area contributed by atoms with E-state index in [1.54, 1.807) is 19.1 Å². The first kappa shape index (κ1) is 15.9. The van der Waals surface area contributed by atoms with Crippen molar-refractivity contribution in [2.75, 3.05) is 31.9 Å². The van der Waals surface area contributed by atoms with Crippen LogP contribution in [-0.2, 0) is 10.0 Å². The topological polar surface area (TPSA) is 75.4 Å². The molecule has 1 aromatic rings. The Kier molecular flexibility index (Phi) is 5.78. The molecular formula is C13H23N3O2S. The van der Waals surface area contributed by atoms with Crippen molar-refractivity contribution in [1.82, 2.24) is 9.62 Å². The van der Waals surface area contributed by atoms with E-state index in [0.29, 0.717) is 18.8 Å². The van der Waals surface area contributed by atoms with Gasteiger partial charge in [-0.05, 0) is 43.8 Å². The molecule has 0 unspecified atom stereocenters. The van der Waals surface area contributed by atoms with Crippen molar-refractivity contribution in [3.05, 3.63) is 23.8 Å². The number of nitrogen functional groups attached to an aromatic ring is 1. The molecule has 0 spiro atoms. The molecule has 0 atom stereocenters. The Labute approximate surface area is 115 Å². The van der Waals surface area contributed by atoms with Crippen LogP contribution in [0.2, 0.25) is 0 Å². The number of hydrogen-bond donors (Lipinski definition) is 2. The monoisotopic (exact) mass is 285 g/mol. The van der Waals surface area contributed by atoms with Gasteiger partial charge in [0.15, 0.2) is 0 Å². The summed E-state index contributed by atoms with van der Waals surface area (Å²) >= 11 is 0. The summed E-state index contributed by atoms with van der Waals surface area (Å²) in [5, 5.41) is 0. The number of likely N-dealkylation sites (N-methyl/N-ethyl adjacent to an activating group) is 1. The van der Waals surface area contributed by atoms with Gasteiger partial charge in [0, 0.05) is 18.8 Å². The average Bonchev–Trinajstić information content (AvgIpc) is 2.37. The summed E-state index contributed by atoms with van der Waals surface area (Å²) in [5.41, 5.74) is 7.06. The van der Waals surface area contributed by atoms with E-state index in [1.165, 1.54) is 6.07 Å². The van der Waals surface area contributed by atoms with Gasteiger partial charge in [-0.2, -0.15) is 0 Å². The van der Waals surface area contributed by atoms with Crippen molar-refractivity contribution in [2.45, 2.75) is 25.7 Å². The van der Waals surface area contributed by atoms with Gasteiger partial charge in [-0.3, -0.25) is 0 Å². The zero-order valence-corrected chi connectivity index (χ0v) is 12.6. The summed E-state index contributed by atoms with van der Waals surface area (Å²) in [5.74, 6) is 0. The minimum atomic E-state index is -3.44. The molecule has 0 aliphatic heterocycles. The number of aryl methyl sites for hydroxylation is 1. The van der Waals surface area contributed by atoms with Gasteiger partial charge in [-0.1, -0.05) is 13.8 Å². The van der Waals surface area contributed by atoms with Crippen LogP contribution >= 0.6 is 0 Å². The van der Waals surface area contributed by atoms with Crippen LogP contribution in [0.15, 0.2) is 23.1 Å². The molecule has 19 heavy (non-hydrogen) atoms. The van der Waals surface area contributed by atoms with Gasteiger partial charge in [0.2, 0.25) is 10.0 Å². The summed E-state index contributed by atoms with van der Waals surface area (Å²) in [6.07, 6.45) is 0. The van der Waals surface area contributed by atoms with E-state index in [4.69, 9.17) is 5.73 Å². The molecule has 108 valence electrons. The predicted molar refractivity (Wildman–Crippen MR) is 78.6 cm³/mol. The smallest absolute Gasteiger partial charge is 0.240 e. The van der Waals surface area contributed by atoms with Crippen molar-refractivity contribution >= 4 is 15.7 Å². The summed E-state index contributed by atoms with van der Waals surface area (Å²) < 4.78 is 26.8. The third-order valence-electron chi connectivity index (χ3n) is 3.17. The van der Waals surface area contributed by atoms with Gasteiger partial charge >= 0.3 is 0 Å². The van der Waals surface area contributed by atoms with E-state index in [2.05, 4.69) is 23.5 Å². The molecular weight excluding hydrogens is 262 g/mol. The first-order chi connectivity index (χ1) is 8.90. The Balaban J connectivity index is 2.68. The van der Waals surface area contributed by atoms with Crippen LogP contribution in [0.4, 0.5) is 5.69 Å². The van der Waals surface area contributed by atoms with Gasteiger partial charge in [-0.15, -0.1) is 0 Å². The van der Waals surface area contributed by atoms with Gasteiger partial charge < -0.3 is 10.6 Å². The lowest BCUT2D eigenvalue weighted by atomic mass is 10.2. The molecule has 0 fully saturated rings. The van der Waals surface area contributed by atoms with Gasteiger partial charge in [0.1, 0.15) is 0 Å². The van der Waals surface area contributed by atoms with E-state index in [9.17, 15) is 8.42 Å². The fraction of sp³-hybridized carbons (Fsp3) is 0.538. The lowest BCUT2D eigenvalue weighted by Gasteiger charge is -2.18. The fourth-order valence-electron chi connectivity index (χ4n) is 1.78. The molecule has 0 radical (unpaired) electrons. The number of anilines is 1. The van der Waals surface area contributed by atoms with E-state index in [1.807, 2.05) is 0 Å². The average molecular weight is 285 g/mol. The third kappa shape index (κ3) is 4.49. The van der Waals surface area contributed by atoms with Crippen LogP contribution < -0.4 is 10.5 Å². The minimum absolute atomic E-state index is 0.263. The molecule has 0 bridgehead atoms. The first-order valence-electron chi connectivity index (χ1n) is 6.48. The molecule has 3 N–H and O–H groups in total. The van der Waals surface area contributed by atoms with Crippen LogP contribution in [0.3, 0.4) is 0 Å². The van der Waals surface area contributed by atoms with Crippen molar-refractivity contribution in [3.8, 4) is 0 Å². The molecule has 6 heteroatoms. The van der Waals surface area contributed by atoms with Crippen molar-refractivity contribution in [2.24, 2.45) is 0 Å². The Bertz CT molecular complexity index is 511. The van der Waals surface area contributed by atoms with E-state index >= 15 is 0 Å². The number of sulfonamides is 1. The molecule has 0 saturated heterocycles. The van der Waals surface area contributed by atoms with Crippen LogP contribution in [0.1, 0.15) is 19.4 Å². The van der Waals surface area contributed by atoms with Crippen LogP contribution in [0.25, 0.3) is 0 Å². The maximum Gasteiger partial charge on any atom is 0.240 e. The van der Waals surface area contributed by atoms with Gasteiger partial charge in [0.25, 0.3) is 0 Å². The summed E-state index contributed by atoms with van der Waals surface area (Å²) in [6.45, 7) is 8.86. The predicted octanol–water partition coefficient (Wildman–Crippen LogP) is 1.20. The molecule has 1 aromatic carbocycles. The molecule has 0 heterocycles. The Morgan fingerprint density at radius 2 is 1.89 bits per heavy atom. The fourth-order valence-corrected chi connectivity index (χ4v) is 2.88. The minimum Gasteiger partial charge on any atom is -0.399 e. The highest BCUT2D eigenvalue weighted by Crippen LogP contribution is 2.16. The number of hydrogen-bond acceptors (Lipinski definition) is 4. The number of nitrogens with one attached hydrogen (secondary N) is 1. The zero-order chi connectivity index (χ0) is 14.5. The van der Waals surface area contributed by atoms with Crippen molar-refractivity contribution in [1.29, 1.82) is 0 Å². The molecule has 0 aliphatic carbocycles. The van der Waals surface area contributed by atoms with E-state index < -0.39 is 10.0 Å². The SMILES string of the molecule is CCN(CC)CCNS(=O)(=O)c1ccc(N)c(C)c1. The molecule has 5 nitrogen and oxygen atoms in total. The maximum absolute atomic E-state index is 12.1. The summed E-state index contributed by atoms with van der Waals surface area (Å²) in [7, 11) is -3.44. The molecule has 0 aliphatic rings. The standard InChI is InChI=1S/C13H23N3O2S/c1-4-16(5-2)9-8-15-19(17,18)12-6-7-13(14)11(3)10-12/h6-7,10,15H,4-5,8-9,14H2,1-3H3. The van der Waals surface area contributed by atoms with Crippen LogP contribution in [0.5, 0.6) is 0 Å². The van der Waals surface area contributed by atoms with Crippen molar-refractivity contribution < 1.29 is 8.42 Å². The zero-order valence-electron chi connectivity index (χ0n) is 11.8. The first-order valence-corrected chi connectivity index (χ1v) is 7.97. The largest absolute Gasteiger partial charge is 0.399 e. The Morgan fingerprint density at radius 3 is 2.42 bits per heavy atom. The van der Waals surface area contributed by atoms with Crippen LogP contribution in [0, 0.1) is 6.92 Å². The van der Waals surface area contributed by atoms with Crippen molar-refractivity contribution in [3.63, 3.8) is 0 Å². The second-order valence-electron chi connectivity index (χ2n) is 4.44. The Morgan fingerprint density at radius 1 is 1.26 bits per heavy atom. The highest BCUT2D eigenvalue weighted by molar-refractivity contribution is 7.89. The number of rotatable bonds is 7. The highest BCUT2D eigenvalue weighted by atomic mass is 32.2. The number of nitrogens with two attached hydrogens (primary N) is 1. The lowest BCUT2D eigenvalue weighted by Crippen LogP contribution is -2.34. The molecule has 0 saturated carbocycles. The highest BCUT2D eigenvalue weighted by Gasteiger charge is 2.14. The summed E-state index contributed by atoms with van der Waals surface area (Å²) in [6, 6.07) is 4.74. The number of benzene rings is 1. The number of nitrogens with zero attached hydrogens (tertiary/aromatic N) is 1. The quantitative estimate of drug-likeness (QED) is 0.738. The third-order valence-corrected chi connectivity index (χ3v) is 4.62. The molecule has 1 rings (SSSR count). The summed E-state index contributed by atoms with van der Waals surface area (Å²) in [4.78, 5) is 2.43. The second-order valence-corrected chi connectivity index (χ2v) is 6.21. The van der Waals surface area contributed by atoms with E-state index in [0.717, 1.165) is 18.7 Å². The van der Waals surface area contributed by atoms with E-state index in [-0.39, 0.29) is 4.90 Å². The van der Waals surface area contributed by atoms with Crippen LogP contribution in [-0.4, -0.2) is 39.5 Å². The molecule has 0 amide bonds. The Hall–Kier alpha value is -1.11. The lowest BCUT2D eigenvalue weighted by molar-refractivity contribution is 0.309. The van der Waals surface area contributed by atoms with Gasteiger partial charge in [0.05, 0.1) is 4.90 Å². The van der Waals surface area contributed by atoms with Gasteiger partial charge in [-0.25, -0.2) is 13.1 Å². The second kappa shape index (κ2) is 6.88. The molecule has 0 aromatic heterocycles. The normalized spacial score (nSPS) is 12.0.